The van der Waals surface area contributed by atoms with Gasteiger partial charge in [-0.15, -0.1) is 0 Å². The first-order valence-corrected chi connectivity index (χ1v) is 10.6. The van der Waals surface area contributed by atoms with Gasteiger partial charge < -0.3 is 19.1 Å². The van der Waals surface area contributed by atoms with Gasteiger partial charge in [-0.25, -0.2) is 0 Å². The first kappa shape index (κ1) is 21.6. The van der Waals surface area contributed by atoms with Crippen LogP contribution in [-0.2, 0) is 11.8 Å². The van der Waals surface area contributed by atoms with Gasteiger partial charge in [-0.05, 0) is 47.4 Å². The fourth-order valence-corrected chi connectivity index (χ4v) is 3.52. The van der Waals surface area contributed by atoms with Crippen molar-refractivity contribution in [2.45, 2.75) is 32.6 Å². The number of fused-ring (bicyclic) bond motifs is 1. The molecule has 0 aliphatic rings. The van der Waals surface area contributed by atoms with Crippen molar-refractivity contribution >= 4 is 16.8 Å². The molecular formula is C25H28N4O3. The van der Waals surface area contributed by atoms with Crippen molar-refractivity contribution in [2.24, 2.45) is 0 Å². The summed E-state index contributed by atoms with van der Waals surface area (Å²) in [6, 6.07) is 15.5. The third kappa shape index (κ3) is 4.51. The summed E-state index contributed by atoms with van der Waals surface area (Å²) in [6.07, 6.45) is 0.500. The summed E-state index contributed by atoms with van der Waals surface area (Å²) in [4.78, 5) is 22.2. The first-order valence-electron chi connectivity index (χ1n) is 10.6. The Hall–Kier alpha value is -3.61. The van der Waals surface area contributed by atoms with Gasteiger partial charge >= 0.3 is 0 Å². The number of hydrogen-bond donors (Lipinski definition) is 1. The van der Waals surface area contributed by atoms with Crippen molar-refractivity contribution in [2.75, 3.05) is 20.7 Å². The van der Waals surface area contributed by atoms with Crippen molar-refractivity contribution in [1.82, 2.24) is 20.0 Å². The Balaban J connectivity index is 1.40. The number of carbonyl (C=O) groups excluding carboxylic acids is 1. The van der Waals surface area contributed by atoms with E-state index in [2.05, 4.69) is 35.9 Å². The van der Waals surface area contributed by atoms with Crippen LogP contribution in [0.3, 0.4) is 0 Å². The highest BCUT2D eigenvalue weighted by Crippen LogP contribution is 2.26. The molecule has 0 bridgehead atoms. The van der Waals surface area contributed by atoms with Gasteiger partial charge in [0.15, 0.2) is 5.82 Å². The lowest BCUT2D eigenvalue weighted by atomic mass is 9.86. The normalized spacial score (nSPS) is 11.7. The first-order chi connectivity index (χ1) is 15.2. The van der Waals surface area contributed by atoms with Crippen LogP contribution >= 0.6 is 0 Å². The SMILES string of the molecule is COc1ccc2[nH]c(-c3nc(CCN(C)C(=O)c4ccc(C(C)(C)C)cc4)no3)cc2c1. The maximum absolute atomic E-state index is 12.8. The van der Waals surface area contributed by atoms with E-state index in [1.165, 1.54) is 5.56 Å². The number of nitrogens with zero attached hydrogens (tertiary/aromatic N) is 3. The van der Waals surface area contributed by atoms with Gasteiger partial charge in [0.25, 0.3) is 11.8 Å². The summed E-state index contributed by atoms with van der Waals surface area (Å²) in [5, 5.41) is 5.07. The van der Waals surface area contributed by atoms with Gasteiger partial charge in [0.1, 0.15) is 11.4 Å². The van der Waals surface area contributed by atoms with E-state index in [9.17, 15) is 4.79 Å². The molecule has 2 aromatic heterocycles. The summed E-state index contributed by atoms with van der Waals surface area (Å²) < 4.78 is 10.7. The maximum atomic E-state index is 12.8. The number of carbonyl (C=O) groups is 1. The van der Waals surface area contributed by atoms with Gasteiger partial charge in [0.05, 0.1) is 7.11 Å². The average molecular weight is 433 g/mol. The molecule has 166 valence electrons. The zero-order valence-corrected chi connectivity index (χ0v) is 19.1. The Morgan fingerprint density at radius 2 is 1.88 bits per heavy atom. The molecule has 7 heteroatoms. The van der Waals surface area contributed by atoms with E-state index in [0.29, 0.717) is 30.2 Å². The van der Waals surface area contributed by atoms with Crippen LogP contribution in [-0.4, -0.2) is 46.6 Å². The third-order valence-corrected chi connectivity index (χ3v) is 5.54. The molecule has 0 aliphatic carbocycles. The van der Waals surface area contributed by atoms with Gasteiger partial charge in [-0.1, -0.05) is 38.1 Å². The van der Waals surface area contributed by atoms with Crippen LogP contribution in [0.4, 0.5) is 0 Å². The van der Waals surface area contributed by atoms with Crippen LogP contribution in [0.5, 0.6) is 5.75 Å². The van der Waals surface area contributed by atoms with Crippen LogP contribution in [0.15, 0.2) is 53.1 Å². The van der Waals surface area contributed by atoms with E-state index < -0.39 is 0 Å². The molecule has 1 amide bonds. The van der Waals surface area contributed by atoms with Crippen LogP contribution in [0.25, 0.3) is 22.5 Å². The average Bonchev–Trinajstić information content (AvgIpc) is 3.42. The molecule has 0 saturated heterocycles. The van der Waals surface area contributed by atoms with Crippen molar-refractivity contribution in [3.8, 4) is 17.3 Å². The molecule has 2 aromatic carbocycles. The van der Waals surface area contributed by atoms with E-state index in [1.807, 2.05) is 48.5 Å². The highest BCUT2D eigenvalue weighted by atomic mass is 16.5. The Morgan fingerprint density at radius 1 is 1.12 bits per heavy atom. The van der Waals surface area contributed by atoms with Gasteiger partial charge in [0.2, 0.25) is 0 Å². The minimum Gasteiger partial charge on any atom is -0.497 e. The summed E-state index contributed by atoms with van der Waals surface area (Å²) in [7, 11) is 3.42. The third-order valence-electron chi connectivity index (χ3n) is 5.54. The van der Waals surface area contributed by atoms with E-state index in [1.54, 1.807) is 19.1 Å². The molecule has 0 atom stereocenters. The number of aromatic nitrogens is 3. The second kappa shape index (κ2) is 8.49. The van der Waals surface area contributed by atoms with Crippen molar-refractivity contribution in [3.05, 3.63) is 65.5 Å². The number of rotatable bonds is 6. The number of nitrogens with one attached hydrogen (secondary N) is 1. The highest BCUT2D eigenvalue weighted by Gasteiger charge is 2.17. The summed E-state index contributed by atoms with van der Waals surface area (Å²) in [5.74, 6) is 1.73. The predicted octanol–water partition coefficient (Wildman–Crippen LogP) is 4.84. The Bertz CT molecular complexity index is 1230. The molecule has 0 fully saturated rings. The fraction of sp³-hybridized carbons (Fsp3) is 0.320. The molecule has 2 heterocycles. The Labute approximate surface area is 187 Å². The van der Waals surface area contributed by atoms with E-state index in [-0.39, 0.29) is 11.3 Å². The molecule has 0 radical (unpaired) electrons. The molecule has 4 rings (SSSR count). The van der Waals surface area contributed by atoms with Gasteiger partial charge in [0, 0.05) is 36.5 Å². The fourth-order valence-electron chi connectivity index (χ4n) is 3.52. The van der Waals surface area contributed by atoms with Crippen LogP contribution in [0.1, 0.15) is 42.5 Å². The summed E-state index contributed by atoms with van der Waals surface area (Å²) in [6.45, 7) is 6.95. The zero-order chi connectivity index (χ0) is 22.9. The zero-order valence-electron chi connectivity index (χ0n) is 19.1. The van der Waals surface area contributed by atoms with Gasteiger partial charge in [-0.2, -0.15) is 4.98 Å². The lowest BCUT2D eigenvalue weighted by Gasteiger charge is -2.20. The van der Waals surface area contributed by atoms with Crippen LogP contribution in [0.2, 0.25) is 0 Å². The molecular weight excluding hydrogens is 404 g/mol. The molecule has 4 aromatic rings. The monoisotopic (exact) mass is 432 g/mol. The number of H-pyrrole nitrogens is 1. The topological polar surface area (TPSA) is 84.2 Å². The summed E-state index contributed by atoms with van der Waals surface area (Å²) in [5.41, 5.74) is 3.63. The number of benzene rings is 2. The second-order valence-corrected chi connectivity index (χ2v) is 8.96. The van der Waals surface area contributed by atoms with Crippen molar-refractivity contribution in [3.63, 3.8) is 0 Å². The number of aromatic amines is 1. The number of ether oxygens (including phenoxy) is 1. The largest absolute Gasteiger partial charge is 0.497 e. The van der Waals surface area contributed by atoms with Crippen molar-refractivity contribution < 1.29 is 14.1 Å². The van der Waals surface area contributed by atoms with Crippen LogP contribution in [0, 0.1) is 0 Å². The molecule has 1 N–H and O–H groups in total. The van der Waals surface area contributed by atoms with Crippen molar-refractivity contribution in [1.29, 1.82) is 0 Å². The molecule has 7 nitrogen and oxygen atoms in total. The quantitative estimate of drug-likeness (QED) is 0.471. The second-order valence-electron chi connectivity index (χ2n) is 8.96. The highest BCUT2D eigenvalue weighted by molar-refractivity contribution is 5.94. The Morgan fingerprint density at radius 3 is 2.56 bits per heavy atom. The predicted molar refractivity (Wildman–Crippen MR) is 124 cm³/mol. The van der Waals surface area contributed by atoms with E-state index >= 15 is 0 Å². The standard InChI is InChI=1S/C25H28N4O3/c1-25(2,3)18-8-6-16(7-9-18)24(30)29(4)13-12-22-27-23(32-28-22)21-15-17-14-19(31-5)10-11-20(17)26-21/h6-11,14-15,26H,12-13H2,1-5H3. The van der Waals surface area contributed by atoms with E-state index in [4.69, 9.17) is 9.26 Å². The van der Waals surface area contributed by atoms with Gasteiger partial charge in [-0.3, -0.25) is 4.79 Å². The number of likely N-dealkylation sites (N-methyl/N-ethyl adjacent to an activating group) is 1. The lowest BCUT2D eigenvalue weighted by Crippen LogP contribution is -2.29. The number of methoxy groups -OCH3 is 1. The summed E-state index contributed by atoms with van der Waals surface area (Å²) >= 11 is 0. The number of amides is 1. The van der Waals surface area contributed by atoms with E-state index in [0.717, 1.165) is 22.3 Å². The minimum atomic E-state index is -0.0289. The molecule has 0 spiro atoms. The number of hydrogen-bond acceptors (Lipinski definition) is 5. The molecule has 0 saturated carbocycles. The molecule has 0 aliphatic heterocycles. The van der Waals surface area contributed by atoms with Crippen LogP contribution < -0.4 is 4.74 Å². The Kier molecular flexibility index (Phi) is 5.74. The molecule has 0 unspecified atom stereocenters. The minimum absolute atomic E-state index is 0.0289. The maximum Gasteiger partial charge on any atom is 0.274 e. The molecule has 32 heavy (non-hydrogen) atoms. The smallest absolute Gasteiger partial charge is 0.274 e. The lowest BCUT2D eigenvalue weighted by molar-refractivity contribution is 0.0795.